The molecule has 6 heteroatoms. The maximum absolute atomic E-state index is 12.3. The molecule has 0 spiro atoms. The van der Waals surface area contributed by atoms with E-state index in [-0.39, 0.29) is 5.92 Å². The van der Waals surface area contributed by atoms with E-state index in [1.807, 2.05) is 68.4 Å². The van der Waals surface area contributed by atoms with Crippen molar-refractivity contribution in [3.8, 4) is 5.75 Å². The van der Waals surface area contributed by atoms with Crippen LogP contribution in [0, 0.1) is 5.92 Å². The van der Waals surface area contributed by atoms with Crippen LogP contribution in [0.25, 0.3) is 0 Å². The Morgan fingerprint density at radius 3 is 2.40 bits per heavy atom. The molecule has 0 unspecified atom stereocenters. The van der Waals surface area contributed by atoms with Crippen LogP contribution in [-0.2, 0) is 22.6 Å². The summed E-state index contributed by atoms with van der Waals surface area (Å²) in [5, 5.41) is 11.8. The summed E-state index contributed by atoms with van der Waals surface area (Å²) in [4.78, 5) is 23.7. The summed E-state index contributed by atoms with van der Waals surface area (Å²) in [5.41, 5.74) is 1.54. The lowest BCUT2D eigenvalue weighted by atomic mass is 10.0. The minimum Gasteiger partial charge on any atom is -0.489 e. The van der Waals surface area contributed by atoms with E-state index in [1.54, 1.807) is 0 Å². The van der Waals surface area contributed by atoms with Crippen LogP contribution < -0.4 is 10.1 Å². The molecule has 30 heavy (non-hydrogen) atoms. The average molecular weight is 411 g/mol. The van der Waals surface area contributed by atoms with Gasteiger partial charge in [-0.25, -0.2) is 9.59 Å². The van der Waals surface area contributed by atoms with Gasteiger partial charge in [-0.05, 0) is 48.4 Å². The number of ether oxygens (including phenoxy) is 2. The largest absolute Gasteiger partial charge is 0.489 e. The molecule has 1 fully saturated rings. The van der Waals surface area contributed by atoms with Crippen LogP contribution in [-0.4, -0.2) is 28.8 Å². The van der Waals surface area contributed by atoms with Gasteiger partial charge in [0.1, 0.15) is 24.0 Å². The summed E-state index contributed by atoms with van der Waals surface area (Å²) in [7, 11) is 0. The second-order valence-electron chi connectivity index (χ2n) is 8.34. The number of alkyl carbamates (subject to hydrolysis) is 1. The van der Waals surface area contributed by atoms with Gasteiger partial charge in [-0.15, -0.1) is 0 Å². The fourth-order valence-electron chi connectivity index (χ4n) is 3.37. The Hall–Kier alpha value is -3.02. The topological polar surface area (TPSA) is 84.9 Å². The van der Waals surface area contributed by atoms with Crippen LogP contribution >= 0.6 is 0 Å². The summed E-state index contributed by atoms with van der Waals surface area (Å²) in [5.74, 6) is -0.131. The maximum Gasteiger partial charge on any atom is 0.408 e. The van der Waals surface area contributed by atoms with Crippen molar-refractivity contribution in [2.24, 2.45) is 5.92 Å². The second kappa shape index (κ2) is 9.65. The van der Waals surface area contributed by atoms with Gasteiger partial charge >= 0.3 is 12.1 Å². The number of carbonyl (C=O) groups is 2. The smallest absolute Gasteiger partial charge is 0.408 e. The standard InChI is InChI=1S/C24H29NO5/c1-17(2)13-21(22(26)27)25-23(28)30-24(11-12-24)15-19-9-6-10-20(14-19)29-16-18-7-4-3-5-8-18/h3-10,14,17,21H,11-13,15-16H2,1-2H3,(H,25,28)(H,26,27)/t21-/m0/s1. The van der Waals surface area contributed by atoms with Gasteiger partial charge in [0, 0.05) is 6.42 Å². The molecule has 1 atom stereocenters. The lowest BCUT2D eigenvalue weighted by molar-refractivity contribution is -0.139. The third kappa shape index (κ3) is 6.51. The number of carboxylic acids is 1. The quantitative estimate of drug-likeness (QED) is 0.598. The van der Waals surface area contributed by atoms with E-state index in [0.29, 0.717) is 19.4 Å². The molecule has 2 N–H and O–H groups in total. The number of amides is 1. The van der Waals surface area contributed by atoms with E-state index >= 15 is 0 Å². The van der Waals surface area contributed by atoms with Crippen LogP contribution in [0.5, 0.6) is 5.75 Å². The molecule has 0 saturated heterocycles. The van der Waals surface area contributed by atoms with Gasteiger partial charge in [0.25, 0.3) is 0 Å². The molecule has 1 aliphatic carbocycles. The second-order valence-corrected chi connectivity index (χ2v) is 8.34. The fourth-order valence-corrected chi connectivity index (χ4v) is 3.37. The first-order valence-corrected chi connectivity index (χ1v) is 10.3. The van der Waals surface area contributed by atoms with Crippen molar-refractivity contribution in [3.05, 3.63) is 65.7 Å². The molecule has 0 bridgehead atoms. The van der Waals surface area contributed by atoms with Crippen molar-refractivity contribution in [2.45, 2.75) is 57.8 Å². The molecule has 0 aromatic heterocycles. The van der Waals surface area contributed by atoms with Crippen LogP contribution in [0.4, 0.5) is 4.79 Å². The molecule has 1 saturated carbocycles. The predicted molar refractivity (Wildman–Crippen MR) is 113 cm³/mol. The van der Waals surface area contributed by atoms with E-state index in [2.05, 4.69) is 5.32 Å². The highest BCUT2D eigenvalue weighted by atomic mass is 16.6. The van der Waals surface area contributed by atoms with Crippen LogP contribution in [0.15, 0.2) is 54.6 Å². The van der Waals surface area contributed by atoms with Crippen molar-refractivity contribution < 1.29 is 24.2 Å². The highest BCUT2D eigenvalue weighted by Gasteiger charge is 2.47. The molecule has 6 nitrogen and oxygen atoms in total. The lowest BCUT2D eigenvalue weighted by Gasteiger charge is -2.21. The third-order valence-corrected chi connectivity index (χ3v) is 5.09. The minimum atomic E-state index is -1.05. The number of aliphatic carboxylic acids is 1. The highest BCUT2D eigenvalue weighted by Crippen LogP contribution is 2.43. The van der Waals surface area contributed by atoms with Crippen molar-refractivity contribution in [2.75, 3.05) is 0 Å². The maximum atomic E-state index is 12.3. The van der Waals surface area contributed by atoms with Gasteiger partial charge in [0.15, 0.2) is 0 Å². The van der Waals surface area contributed by atoms with Crippen LogP contribution in [0.2, 0.25) is 0 Å². The lowest BCUT2D eigenvalue weighted by Crippen LogP contribution is -2.43. The summed E-state index contributed by atoms with van der Waals surface area (Å²) in [6, 6.07) is 16.8. The molecule has 1 amide bonds. The van der Waals surface area contributed by atoms with E-state index in [9.17, 15) is 14.7 Å². The van der Waals surface area contributed by atoms with Crippen molar-refractivity contribution >= 4 is 12.1 Å². The Morgan fingerprint density at radius 1 is 1.07 bits per heavy atom. The molecule has 0 radical (unpaired) electrons. The first-order valence-electron chi connectivity index (χ1n) is 10.3. The molecule has 0 aliphatic heterocycles. The SMILES string of the molecule is CC(C)C[C@H](NC(=O)OC1(Cc2cccc(OCc3ccccc3)c2)CC1)C(=O)O. The summed E-state index contributed by atoms with van der Waals surface area (Å²) in [6.07, 6.45) is 1.79. The normalized spacial score (nSPS) is 15.3. The van der Waals surface area contributed by atoms with E-state index in [1.165, 1.54) is 0 Å². The van der Waals surface area contributed by atoms with Gasteiger partial charge in [-0.2, -0.15) is 0 Å². The zero-order valence-electron chi connectivity index (χ0n) is 17.5. The Labute approximate surface area is 177 Å². The first-order chi connectivity index (χ1) is 14.3. The molecule has 160 valence electrons. The number of hydrogen-bond acceptors (Lipinski definition) is 4. The Kier molecular flexibility index (Phi) is 6.98. The monoisotopic (exact) mass is 411 g/mol. The van der Waals surface area contributed by atoms with Gasteiger partial charge in [0.05, 0.1) is 0 Å². The Morgan fingerprint density at radius 2 is 1.77 bits per heavy atom. The summed E-state index contributed by atoms with van der Waals surface area (Å²) in [6.45, 7) is 4.32. The van der Waals surface area contributed by atoms with Gasteiger partial charge < -0.3 is 19.9 Å². The molecule has 2 aromatic carbocycles. The van der Waals surface area contributed by atoms with E-state index in [0.717, 1.165) is 29.7 Å². The fraction of sp³-hybridized carbons (Fsp3) is 0.417. The minimum absolute atomic E-state index is 0.153. The number of hydrogen-bond donors (Lipinski definition) is 2. The van der Waals surface area contributed by atoms with Crippen LogP contribution in [0.3, 0.4) is 0 Å². The van der Waals surface area contributed by atoms with Gasteiger partial charge in [-0.3, -0.25) is 0 Å². The molecule has 0 heterocycles. The average Bonchev–Trinajstić information content (AvgIpc) is 3.45. The zero-order valence-corrected chi connectivity index (χ0v) is 17.5. The summed E-state index contributed by atoms with van der Waals surface area (Å²) >= 11 is 0. The molecule has 3 rings (SSSR count). The number of benzene rings is 2. The number of carbonyl (C=O) groups excluding carboxylic acids is 1. The first kappa shape index (κ1) is 21.7. The van der Waals surface area contributed by atoms with Gasteiger partial charge in [-0.1, -0.05) is 56.3 Å². The molecular weight excluding hydrogens is 382 g/mol. The van der Waals surface area contributed by atoms with E-state index in [4.69, 9.17) is 9.47 Å². The Balaban J connectivity index is 1.55. The number of carboxylic acid groups (broad SMARTS) is 1. The number of rotatable bonds is 10. The molecule has 1 aliphatic rings. The third-order valence-electron chi connectivity index (χ3n) is 5.09. The summed E-state index contributed by atoms with van der Waals surface area (Å²) < 4.78 is 11.5. The highest BCUT2D eigenvalue weighted by molar-refractivity contribution is 5.80. The Bertz CT molecular complexity index is 861. The predicted octanol–water partition coefficient (Wildman–Crippen LogP) is 4.57. The van der Waals surface area contributed by atoms with Crippen molar-refractivity contribution in [3.63, 3.8) is 0 Å². The number of nitrogens with one attached hydrogen (secondary N) is 1. The van der Waals surface area contributed by atoms with Crippen molar-refractivity contribution in [1.82, 2.24) is 5.32 Å². The zero-order chi connectivity index (χ0) is 21.6. The van der Waals surface area contributed by atoms with Crippen molar-refractivity contribution in [1.29, 1.82) is 0 Å². The van der Waals surface area contributed by atoms with Gasteiger partial charge in [0.2, 0.25) is 0 Å². The van der Waals surface area contributed by atoms with Crippen LogP contribution in [0.1, 0.15) is 44.2 Å². The molecular formula is C24H29NO5. The molecule has 2 aromatic rings. The van der Waals surface area contributed by atoms with E-state index < -0.39 is 23.7 Å².